The molecule has 0 fully saturated rings. The summed E-state index contributed by atoms with van der Waals surface area (Å²) < 4.78 is 10.7. The SMILES string of the molecule is C=C(C#CCCCCC)COc1ccc(OC)cc1. The van der Waals surface area contributed by atoms with Gasteiger partial charge in [0.05, 0.1) is 7.11 Å². The van der Waals surface area contributed by atoms with E-state index < -0.39 is 0 Å². The van der Waals surface area contributed by atoms with Crippen LogP contribution >= 0.6 is 0 Å². The zero-order chi connectivity index (χ0) is 13.9. The molecule has 0 aliphatic heterocycles. The van der Waals surface area contributed by atoms with Crippen molar-refractivity contribution in [3.63, 3.8) is 0 Å². The van der Waals surface area contributed by atoms with E-state index in [1.54, 1.807) is 7.11 Å². The summed E-state index contributed by atoms with van der Waals surface area (Å²) in [5.41, 5.74) is 0.812. The van der Waals surface area contributed by atoms with Gasteiger partial charge in [-0.2, -0.15) is 0 Å². The van der Waals surface area contributed by atoms with E-state index in [1.807, 2.05) is 24.3 Å². The molecule has 0 spiro atoms. The van der Waals surface area contributed by atoms with Gasteiger partial charge >= 0.3 is 0 Å². The van der Waals surface area contributed by atoms with Crippen LogP contribution in [0.3, 0.4) is 0 Å². The topological polar surface area (TPSA) is 18.5 Å². The number of rotatable bonds is 7. The fourth-order valence-electron chi connectivity index (χ4n) is 1.53. The van der Waals surface area contributed by atoms with E-state index in [0.29, 0.717) is 6.61 Å². The predicted octanol–water partition coefficient (Wildman–Crippen LogP) is 4.21. The Morgan fingerprint density at radius 1 is 1.16 bits per heavy atom. The Bertz CT molecular complexity index is 435. The van der Waals surface area contributed by atoms with Gasteiger partial charge in [-0.1, -0.05) is 38.2 Å². The average Bonchev–Trinajstić information content (AvgIpc) is 2.45. The quantitative estimate of drug-likeness (QED) is 0.538. The lowest BCUT2D eigenvalue weighted by Crippen LogP contribution is -1.98. The molecule has 102 valence electrons. The van der Waals surface area contributed by atoms with Crippen LogP contribution in [-0.4, -0.2) is 13.7 Å². The third-order valence-corrected chi connectivity index (χ3v) is 2.64. The minimum absolute atomic E-state index is 0.438. The van der Waals surface area contributed by atoms with Crippen molar-refractivity contribution in [1.29, 1.82) is 0 Å². The molecule has 0 bridgehead atoms. The molecule has 0 radical (unpaired) electrons. The number of hydrogen-bond acceptors (Lipinski definition) is 2. The number of methoxy groups -OCH3 is 1. The Morgan fingerprint density at radius 3 is 2.47 bits per heavy atom. The van der Waals surface area contributed by atoms with E-state index in [4.69, 9.17) is 9.47 Å². The minimum Gasteiger partial charge on any atom is -0.497 e. The van der Waals surface area contributed by atoms with Gasteiger partial charge in [0.2, 0.25) is 0 Å². The average molecular weight is 258 g/mol. The third-order valence-electron chi connectivity index (χ3n) is 2.64. The van der Waals surface area contributed by atoms with E-state index in [2.05, 4.69) is 25.3 Å². The molecule has 1 rings (SSSR count). The van der Waals surface area contributed by atoms with Gasteiger partial charge in [0.1, 0.15) is 18.1 Å². The first-order chi connectivity index (χ1) is 9.26. The third kappa shape index (κ3) is 6.57. The second-order valence-electron chi connectivity index (χ2n) is 4.33. The maximum atomic E-state index is 5.59. The van der Waals surface area contributed by atoms with Crippen LogP contribution in [0.15, 0.2) is 36.4 Å². The van der Waals surface area contributed by atoms with Crippen molar-refractivity contribution in [2.75, 3.05) is 13.7 Å². The maximum Gasteiger partial charge on any atom is 0.120 e. The molecule has 0 saturated carbocycles. The molecule has 0 aliphatic rings. The number of hydrogen-bond donors (Lipinski definition) is 0. The van der Waals surface area contributed by atoms with E-state index >= 15 is 0 Å². The minimum atomic E-state index is 0.438. The summed E-state index contributed by atoms with van der Waals surface area (Å²) in [6.07, 6.45) is 4.57. The monoisotopic (exact) mass is 258 g/mol. The van der Waals surface area contributed by atoms with Crippen molar-refractivity contribution in [2.24, 2.45) is 0 Å². The molecule has 0 aromatic heterocycles. The van der Waals surface area contributed by atoms with Gasteiger partial charge in [0.15, 0.2) is 0 Å². The van der Waals surface area contributed by atoms with Crippen molar-refractivity contribution in [3.05, 3.63) is 36.4 Å². The summed E-state index contributed by atoms with van der Waals surface area (Å²) >= 11 is 0. The summed E-state index contributed by atoms with van der Waals surface area (Å²) in [6, 6.07) is 7.49. The molecule has 0 N–H and O–H groups in total. The highest BCUT2D eigenvalue weighted by Crippen LogP contribution is 2.17. The summed E-state index contributed by atoms with van der Waals surface area (Å²) in [6.45, 7) is 6.53. The summed E-state index contributed by atoms with van der Waals surface area (Å²) in [5.74, 6) is 7.79. The van der Waals surface area contributed by atoms with Gasteiger partial charge in [-0.25, -0.2) is 0 Å². The lowest BCUT2D eigenvalue weighted by Gasteiger charge is -2.05. The van der Waals surface area contributed by atoms with E-state index in [1.165, 1.54) is 12.8 Å². The predicted molar refractivity (Wildman–Crippen MR) is 79.5 cm³/mol. The molecule has 2 nitrogen and oxygen atoms in total. The zero-order valence-corrected chi connectivity index (χ0v) is 11.9. The fourth-order valence-corrected chi connectivity index (χ4v) is 1.53. The van der Waals surface area contributed by atoms with Gasteiger partial charge in [0, 0.05) is 12.0 Å². The lowest BCUT2D eigenvalue weighted by molar-refractivity contribution is 0.355. The van der Waals surface area contributed by atoms with Crippen LogP contribution in [0.1, 0.15) is 32.6 Å². The van der Waals surface area contributed by atoms with E-state index in [9.17, 15) is 0 Å². The maximum absolute atomic E-state index is 5.59. The van der Waals surface area contributed by atoms with Crippen LogP contribution in [0, 0.1) is 11.8 Å². The van der Waals surface area contributed by atoms with Gasteiger partial charge < -0.3 is 9.47 Å². The largest absolute Gasteiger partial charge is 0.497 e. The molecule has 1 aromatic rings. The number of unbranched alkanes of at least 4 members (excludes halogenated alkanes) is 3. The first-order valence-electron chi connectivity index (χ1n) is 6.69. The van der Waals surface area contributed by atoms with Gasteiger partial charge in [-0.3, -0.25) is 0 Å². The normalized spacial score (nSPS) is 9.37. The molecule has 0 aliphatic carbocycles. The van der Waals surface area contributed by atoms with E-state index in [0.717, 1.165) is 29.9 Å². The summed E-state index contributed by atoms with van der Waals surface area (Å²) in [5, 5.41) is 0. The van der Waals surface area contributed by atoms with Crippen molar-refractivity contribution < 1.29 is 9.47 Å². The molecule has 19 heavy (non-hydrogen) atoms. The Balaban J connectivity index is 2.29. The molecule has 0 unspecified atom stereocenters. The van der Waals surface area contributed by atoms with Crippen LogP contribution in [-0.2, 0) is 0 Å². The van der Waals surface area contributed by atoms with Crippen LogP contribution in [0.2, 0.25) is 0 Å². The Hall–Kier alpha value is -1.88. The Kier molecular flexibility index (Phi) is 7.27. The van der Waals surface area contributed by atoms with Crippen LogP contribution in [0.25, 0.3) is 0 Å². The van der Waals surface area contributed by atoms with Crippen LogP contribution < -0.4 is 9.47 Å². The fraction of sp³-hybridized carbons (Fsp3) is 0.412. The number of ether oxygens (including phenoxy) is 2. The molecule has 0 amide bonds. The molecular formula is C17H22O2. The summed E-state index contributed by atoms with van der Waals surface area (Å²) in [7, 11) is 1.64. The smallest absolute Gasteiger partial charge is 0.120 e. The zero-order valence-electron chi connectivity index (χ0n) is 11.9. The Labute approximate surface area is 116 Å². The van der Waals surface area contributed by atoms with Gasteiger partial charge in [-0.05, 0) is 30.7 Å². The van der Waals surface area contributed by atoms with Crippen molar-refractivity contribution in [1.82, 2.24) is 0 Å². The second kappa shape index (κ2) is 9.10. The Morgan fingerprint density at radius 2 is 1.84 bits per heavy atom. The van der Waals surface area contributed by atoms with Crippen LogP contribution in [0.4, 0.5) is 0 Å². The van der Waals surface area contributed by atoms with E-state index in [-0.39, 0.29) is 0 Å². The molecule has 2 heteroatoms. The standard InChI is InChI=1S/C17H22O2/c1-4-5-6-7-8-9-15(2)14-19-17-12-10-16(18-3)11-13-17/h10-13H,2,4-7,14H2,1,3H3. The second-order valence-corrected chi connectivity index (χ2v) is 4.33. The highest BCUT2D eigenvalue weighted by molar-refractivity contribution is 5.32. The highest BCUT2D eigenvalue weighted by Gasteiger charge is 1.95. The molecule has 0 heterocycles. The molecular weight excluding hydrogens is 236 g/mol. The van der Waals surface area contributed by atoms with Gasteiger partial charge in [-0.15, -0.1) is 0 Å². The first-order valence-corrected chi connectivity index (χ1v) is 6.69. The molecule has 0 saturated heterocycles. The lowest BCUT2D eigenvalue weighted by atomic mass is 10.2. The number of benzene rings is 1. The van der Waals surface area contributed by atoms with Crippen molar-refractivity contribution >= 4 is 0 Å². The van der Waals surface area contributed by atoms with Crippen molar-refractivity contribution in [2.45, 2.75) is 32.6 Å². The highest BCUT2D eigenvalue weighted by atomic mass is 16.5. The molecule has 1 aromatic carbocycles. The van der Waals surface area contributed by atoms with Crippen LogP contribution in [0.5, 0.6) is 11.5 Å². The first kappa shape index (κ1) is 15.2. The summed E-state index contributed by atoms with van der Waals surface area (Å²) in [4.78, 5) is 0. The molecule has 0 atom stereocenters. The van der Waals surface area contributed by atoms with Crippen molar-refractivity contribution in [3.8, 4) is 23.3 Å². The van der Waals surface area contributed by atoms with Gasteiger partial charge in [0.25, 0.3) is 0 Å².